The van der Waals surface area contributed by atoms with Gasteiger partial charge < -0.3 is 15.4 Å². The highest BCUT2D eigenvalue weighted by Crippen LogP contribution is 2.15. The molecule has 2 amide bonds. The normalized spacial score (nSPS) is 10.1. The first kappa shape index (κ1) is 17.2. The van der Waals surface area contributed by atoms with Crippen LogP contribution < -0.4 is 10.6 Å². The quantitative estimate of drug-likeness (QED) is 0.814. The number of hydrogen-bond donors (Lipinski definition) is 2. The summed E-state index contributed by atoms with van der Waals surface area (Å²) in [6.07, 6.45) is 0. The Hall–Kier alpha value is -3.16. The fraction of sp³-hybridized carbons (Fsp3) is 0.250. The molecule has 0 radical (unpaired) electrons. The minimum Gasteiger partial charge on any atom is -0.461 e. The van der Waals surface area contributed by atoms with Gasteiger partial charge in [0.1, 0.15) is 5.69 Å². The monoisotopic (exact) mass is 330 g/mol. The van der Waals surface area contributed by atoms with Gasteiger partial charge >= 0.3 is 5.97 Å². The maximum atomic E-state index is 12.2. The number of nitrogens with zero attached hydrogens (tertiary/aromatic N) is 2. The molecule has 1 aromatic carbocycles. The molecule has 0 saturated carbocycles. The second-order valence-electron chi connectivity index (χ2n) is 4.97. The second kappa shape index (κ2) is 7.40. The molecule has 2 aromatic rings. The highest BCUT2D eigenvalue weighted by molar-refractivity contribution is 6.04. The summed E-state index contributed by atoms with van der Waals surface area (Å²) in [5, 5.41) is 9.32. The lowest BCUT2D eigenvalue weighted by molar-refractivity contribution is -0.114. The number of rotatable bonds is 5. The standard InChI is InChI=1S/C16H18N4O4/c1-4-24-16(23)14-9-13(19-20(14)3)15(22)18-12-7-5-11(6-8-12)17-10(2)21/h5-9H,4H2,1-3H3,(H,17,21)(H,18,22). The summed E-state index contributed by atoms with van der Waals surface area (Å²) in [5.41, 5.74) is 1.47. The van der Waals surface area contributed by atoms with Gasteiger partial charge in [-0.15, -0.1) is 0 Å². The van der Waals surface area contributed by atoms with Crippen LogP contribution in [0.5, 0.6) is 0 Å². The molecule has 0 saturated heterocycles. The molecule has 0 fully saturated rings. The molecule has 0 atom stereocenters. The third-order valence-electron chi connectivity index (χ3n) is 3.06. The van der Waals surface area contributed by atoms with E-state index in [0.29, 0.717) is 11.4 Å². The van der Waals surface area contributed by atoms with Crippen molar-refractivity contribution in [2.24, 2.45) is 7.05 Å². The maximum Gasteiger partial charge on any atom is 0.356 e. The number of amides is 2. The minimum atomic E-state index is -0.536. The van der Waals surface area contributed by atoms with Crippen molar-refractivity contribution in [2.45, 2.75) is 13.8 Å². The molecule has 0 aliphatic carbocycles. The molecular weight excluding hydrogens is 312 g/mol. The van der Waals surface area contributed by atoms with Gasteiger partial charge in [0.05, 0.1) is 6.61 Å². The van der Waals surface area contributed by atoms with Gasteiger partial charge in [0.2, 0.25) is 5.91 Å². The van der Waals surface area contributed by atoms with Crippen LogP contribution in [-0.4, -0.2) is 34.2 Å². The molecule has 2 N–H and O–H groups in total. The van der Waals surface area contributed by atoms with Crippen molar-refractivity contribution in [2.75, 3.05) is 17.2 Å². The minimum absolute atomic E-state index is 0.103. The molecule has 0 aliphatic rings. The van der Waals surface area contributed by atoms with Crippen LogP contribution in [0, 0.1) is 0 Å². The summed E-state index contributed by atoms with van der Waals surface area (Å²) in [5.74, 6) is -1.16. The third kappa shape index (κ3) is 4.19. The number of esters is 1. The van der Waals surface area contributed by atoms with Gasteiger partial charge in [0.15, 0.2) is 5.69 Å². The molecule has 0 unspecified atom stereocenters. The number of aromatic nitrogens is 2. The van der Waals surface area contributed by atoms with Crippen molar-refractivity contribution >= 4 is 29.2 Å². The number of carbonyl (C=O) groups is 3. The van der Waals surface area contributed by atoms with Gasteiger partial charge in [0, 0.05) is 31.4 Å². The molecule has 1 heterocycles. The van der Waals surface area contributed by atoms with Crippen LogP contribution >= 0.6 is 0 Å². The van der Waals surface area contributed by atoms with Crippen LogP contribution in [0.4, 0.5) is 11.4 Å². The summed E-state index contributed by atoms with van der Waals surface area (Å²) in [4.78, 5) is 34.9. The largest absolute Gasteiger partial charge is 0.461 e. The van der Waals surface area contributed by atoms with Crippen molar-refractivity contribution in [3.63, 3.8) is 0 Å². The van der Waals surface area contributed by atoms with E-state index in [1.807, 2.05) is 0 Å². The zero-order valence-electron chi connectivity index (χ0n) is 13.6. The van der Waals surface area contributed by atoms with E-state index in [4.69, 9.17) is 4.74 Å². The van der Waals surface area contributed by atoms with E-state index in [2.05, 4.69) is 15.7 Å². The van der Waals surface area contributed by atoms with E-state index in [-0.39, 0.29) is 23.9 Å². The molecule has 126 valence electrons. The van der Waals surface area contributed by atoms with Gasteiger partial charge in [0.25, 0.3) is 5.91 Å². The first-order chi connectivity index (χ1) is 11.4. The maximum absolute atomic E-state index is 12.2. The fourth-order valence-electron chi connectivity index (χ4n) is 2.01. The number of benzene rings is 1. The molecule has 1 aromatic heterocycles. The lowest BCUT2D eigenvalue weighted by atomic mass is 10.2. The Bertz CT molecular complexity index is 765. The Morgan fingerprint density at radius 2 is 1.71 bits per heavy atom. The number of aryl methyl sites for hydroxylation is 1. The van der Waals surface area contributed by atoms with E-state index in [9.17, 15) is 14.4 Å². The zero-order chi connectivity index (χ0) is 17.7. The van der Waals surface area contributed by atoms with E-state index in [1.54, 1.807) is 38.2 Å². The van der Waals surface area contributed by atoms with Gasteiger partial charge in [-0.25, -0.2) is 4.79 Å². The summed E-state index contributed by atoms with van der Waals surface area (Å²) in [6.45, 7) is 3.36. The van der Waals surface area contributed by atoms with Crippen molar-refractivity contribution in [3.8, 4) is 0 Å². The summed E-state index contributed by atoms with van der Waals surface area (Å²) in [6, 6.07) is 8.01. The van der Waals surface area contributed by atoms with Gasteiger partial charge in [-0.3, -0.25) is 14.3 Å². The topological polar surface area (TPSA) is 102 Å². The van der Waals surface area contributed by atoms with E-state index in [0.717, 1.165) is 0 Å². The number of carbonyl (C=O) groups excluding carboxylic acids is 3. The molecule has 8 nitrogen and oxygen atoms in total. The van der Waals surface area contributed by atoms with Crippen molar-refractivity contribution in [1.29, 1.82) is 0 Å². The van der Waals surface area contributed by atoms with E-state index in [1.165, 1.54) is 17.7 Å². The first-order valence-electron chi connectivity index (χ1n) is 7.31. The average Bonchev–Trinajstić information content (AvgIpc) is 2.91. The van der Waals surface area contributed by atoms with Crippen molar-refractivity contribution < 1.29 is 19.1 Å². The Balaban J connectivity index is 2.08. The van der Waals surface area contributed by atoms with Crippen LogP contribution in [-0.2, 0) is 16.6 Å². The Labute approximate surface area is 138 Å². The Morgan fingerprint density at radius 3 is 2.25 bits per heavy atom. The van der Waals surface area contributed by atoms with Crippen LogP contribution in [0.1, 0.15) is 34.8 Å². The highest BCUT2D eigenvalue weighted by Gasteiger charge is 2.18. The van der Waals surface area contributed by atoms with Crippen LogP contribution in [0.15, 0.2) is 30.3 Å². The van der Waals surface area contributed by atoms with Crippen LogP contribution in [0.3, 0.4) is 0 Å². The Kier molecular flexibility index (Phi) is 5.31. The summed E-state index contributed by atoms with van der Waals surface area (Å²) < 4.78 is 6.20. The summed E-state index contributed by atoms with van der Waals surface area (Å²) in [7, 11) is 1.56. The third-order valence-corrected chi connectivity index (χ3v) is 3.06. The Morgan fingerprint density at radius 1 is 1.12 bits per heavy atom. The average molecular weight is 330 g/mol. The van der Waals surface area contributed by atoms with Gasteiger partial charge in [-0.2, -0.15) is 5.10 Å². The molecule has 2 rings (SSSR count). The lowest BCUT2D eigenvalue weighted by Crippen LogP contribution is -2.13. The predicted molar refractivity (Wildman–Crippen MR) is 87.9 cm³/mol. The van der Waals surface area contributed by atoms with Gasteiger partial charge in [-0.1, -0.05) is 0 Å². The number of hydrogen-bond acceptors (Lipinski definition) is 5. The van der Waals surface area contributed by atoms with E-state index >= 15 is 0 Å². The molecule has 24 heavy (non-hydrogen) atoms. The molecule has 8 heteroatoms. The highest BCUT2D eigenvalue weighted by atomic mass is 16.5. The smallest absolute Gasteiger partial charge is 0.356 e. The molecule has 0 bridgehead atoms. The second-order valence-corrected chi connectivity index (χ2v) is 4.97. The van der Waals surface area contributed by atoms with Gasteiger partial charge in [-0.05, 0) is 31.2 Å². The lowest BCUT2D eigenvalue weighted by Gasteiger charge is -2.05. The zero-order valence-corrected chi connectivity index (χ0v) is 13.6. The van der Waals surface area contributed by atoms with Crippen molar-refractivity contribution in [1.82, 2.24) is 9.78 Å². The van der Waals surface area contributed by atoms with E-state index < -0.39 is 11.9 Å². The molecular formula is C16H18N4O4. The number of anilines is 2. The SMILES string of the molecule is CCOC(=O)c1cc(C(=O)Nc2ccc(NC(C)=O)cc2)nn1C. The molecule has 0 spiro atoms. The fourth-order valence-corrected chi connectivity index (χ4v) is 2.01. The predicted octanol–water partition coefficient (Wildman–Crippen LogP) is 1.81. The summed E-state index contributed by atoms with van der Waals surface area (Å²) >= 11 is 0. The van der Waals surface area contributed by atoms with Crippen LogP contribution in [0.25, 0.3) is 0 Å². The first-order valence-corrected chi connectivity index (χ1v) is 7.31. The van der Waals surface area contributed by atoms with Crippen LogP contribution in [0.2, 0.25) is 0 Å². The number of ether oxygens (including phenoxy) is 1. The van der Waals surface area contributed by atoms with Crippen molar-refractivity contribution in [3.05, 3.63) is 41.7 Å². The number of nitrogens with one attached hydrogen (secondary N) is 2. The molecule has 0 aliphatic heterocycles.